The molecule has 3 atom stereocenters. The molecule has 0 bridgehead atoms. The fraction of sp³-hybridized carbons (Fsp3) is 0.840. The number of aliphatic hydroxyl groups is 2. The van der Waals surface area contributed by atoms with Gasteiger partial charge in [-0.15, -0.1) is 0 Å². The highest BCUT2D eigenvalue weighted by molar-refractivity contribution is 7.47. The molecule has 0 saturated heterocycles. The van der Waals surface area contributed by atoms with Gasteiger partial charge in [-0.05, 0) is 64.2 Å². The minimum absolute atomic E-state index is 0.125. The lowest BCUT2D eigenvalue weighted by atomic mass is 10.0. The number of phosphoric ester groups is 1. The van der Waals surface area contributed by atoms with Gasteiger partial charge in [0, 0.05) is 12.8 Å². The van der Waals surface area contributed by atoms with Crippen LogP contribution in [0.15, 0.2) is 36.5 Å². The number of carbonyl (C=O) groups excluding carboxylic acids is 2. The molecule has 0 aromatic heterocycles. The highest BCUT2D eigenvalue weighted by Crippen LogP contribution is 2.43. The third kappa shape index (κ3) is 46.0. The van der Waals surface area contributed by atoms with Crippen molar-refractivity contribution in [2.45, 2.75) is 244 Å². The molecule has 0 aliphatic heterocycles. The van der Waals surface area contributed by atoms with Crippen molar-refractivity contribution < 1.29 is 47.8 Å². The Balaban J connectivity index is 4.23. The van der Waals surface area contributed by atoms with E-state index in [2.05, 4.69) is 50.3 Å². The molecule has 3 N–H and O–H groups in total. The van der Waals surface area contributed by atoms with E-state index in [0.717, 1.165) is 38.5 Å². The monoisotopic (exact) mass is 885 g/mol. The number of rotatable bonds is 47. The number of phosphoric acid groups is 1. The van der Waals surface area contributed by atoms with Crippen molar-refractivity contribution in [3.63, 3.8) is 0 Å². The smallest absolute Gasteiger partial charge is 0.462 e. The summed E-state index contributed by atoms with van der Waals surface area (Å²) in [7, 11) is -4.63. The van der Waals surface area contributed by atoms with Crippen LogP contribution in [-0.2, 0) is 32.7 Å². The van der Waals surface area contributed by atoms with Gasteiger partial charge < -0.3 is 24.6 Å². The second kappa shape index (κ2) is 46.2. The van der Waals surface area contributed by atoms with Crippen LogP contribution in [0.5, 0.6) is 0 Å². The molecule has 0 aromatic rings. The Morgan fingerprint density at radius 1 is 0.475 bits per heavy atom. The second-order valence-electron chi connectivity index (χ2n) is 16.8. The molecule has 11 heteroatoms. The first-order chi connectivity index (χ1) is 29.7. The van der Waals surface area contributed by atoms with Gasteiger partial charge in [0.05, 0.1) is 19.8 Å². The van der Waals surface area contributed by atoms with Gasteiger partial charge in [0.15, 0.2) is 6.10 Å². The summed E-state index contributed by atoms with van der Waals surface area (Å²) in [4.78, 5) is 35.1. The van der Waals surface area contributed by atoms with E-state index in [1.807, 2.05) is 0 Å². The minimum Gasteiger partial charge on any atom is -0.462 e. The van der Waals surface area contributed by atoms with E-state index in [9.17, 15) is 24.2 Å². The predicted octanol–water partition coefficient (Wildman–Crippen LogP) is 13.9. The summed E-state index contributed by atoms with van der Waals surface area (Å²) in [6, 6.07) is 0. The van der Waals surface area contributed by atoms with Gasteiger partial charge in [0.25, 0.3) is 0 Å². The van der Waals surface area contributed by atoms with E-state index >= 15 is 0 Å². The summed E-state index contributed by atoms with van der Waals surface area (Å²) < 4.78 is 32.8. The summed E-state index contributed by atoms with van der Waals surface area (Å²) in [6.07, 6.45) is 49.8. The zero-order chi connectivity index (χ0) is 44.8. The second-order valence-corrected chi connectivity index (χ2v) is 18.3. The normalized spacial score (nSPS) is 14.0. The van der Waals surface area contributed by atoms with Crippen LogP contribution >= 0.6 is 7.82 Å². The Morgan fingerprint density at radius 2 is 0.852 bits per heavy atom. The Bertz CT molecular complexity index is 1110. The molecular formula is C50H93O10P. The van der Waals surface area contributed by atoms with E-state index in [1.165, 1.54) is 148 Å². The average molecular weight is 885 g/mol. The van der Waals surface area contributed by atoms with Crippen LogP contribution in [0.2, 0.25) is 0 Å². The van der Waals surface area contributed by atoms with Gasteiger partial charge in [0.2, 0.25) is 0 Å². The van der Waals surface area contributed by atoms with Gasteiger partial charge in [-0.1, -0.05) is 192 Å². The number of hydrogen-bond donors (Lipinski definition) is 3. The van der Waals surface area contributed by atoms with Crippen LogP contribution in [0.1, 0.15) is 232 Å². The number of esters is 2. The molecule has 0 rings (SSSR count). The molecule has 0 fully saturated rings. The van der Waals surface area contributed by atoms with Crippen molar-refractivity contribution >= 4 is 19.8 Å². The van der Waals surface area contributed by atoms with Crippen LogP contribution in [0.4, 0.5) is 0 Å². The first-order valence-corrected chi connectivity index (χ1v) is 26.4. The van der Waals surface area contributed by atoms with E-state index in [0.29, 0.717) is 19.3 Å². The Morgan fingerprint density at radius 3 is 1.33 bits per heavy atom. The van der Waals surface area contributed by atoms with Crippen molar-refractivity contribution in [1.29, 1.82) is 0 Å². The number of unbranched alkanes of at least 4 members (excludes halogenated alkanes) is 27. The lowest BCUT2D eigenvalue weighted by molar-refractivity contribution is -0.161. The molecule has 0 amide bonds. The number of carbonyl (C=O) groups is 2. The largest absolute Gasteiger partial charge is 0.472 e. The van der Waals surface area contributed by atoms with Gasteiger partial charge >= 0.3 is 19.8 Å². The summed E-state index contributed by atoms with van der Waals surface area (Å²) >= 11 is 0. The summed E-state index contributed by atoms with van der Waals surface area (Å²) in [5.41, 5.74) is 0. The van der Waals surface area contributed by atoms with Crippen LogP contribution in [0.3, 0.4) is 0 Å². The van der Waals surface area contributed by atoms with Crippen molar-refractivity contribution in [3.8, 4) is 0 Å². The Kier molecular flexibility index (Phi) is 44.8. The van der Waals surface area contributed by atoms with Gasteiger partial charge in [0.1, 0.15) is 12.7 Å². The SMILES string of the molecule is CCCC/C=C/CCCCCCCCCCCC(=O)OC[C@H](COP(=O)(O)OC[C@@H](O)CO)OC(=O)CCC/C=C/CC/C=C/CCCCCCCCCCCCCCCC. The lowest BCUT2D eigenvalue weighted by Gasteiger charge is -2.20. The van der Waals surface area contributed by atoms with E-state index in [4.69, 9.17) is 23.6 Å². The third-order valence-corrected chi connectivity index (χ3v) is 11.7. The van der Waals surface area contributed by atoms with Crippen molar-refractivity contribution in [1.82, 2.24) is 0 Å². The lowest BCUT2D eigenvalue weighted by Crippen LogP contribution is -2.29. The quantitative estimate of drug-likeness (QED) is 0.0233. The molecule has 0 aromatic carbocycles. The molecule has 10 nitrogen and oxygen atoms in total. The summed E-state index contributed by atoms with van der Waals surface area (Å²) in [5.74, 6) is -0.970. The minimum atomic E-state index is -4.63. The van der Waals surface area contributed by atoms with E-state index in [1.54, 1.807) is 0 Å². The maximum Gasteiger partial charge on any atom is 0.472 e. The molecule has 0 spiro atoms. The Labute approximate surface area is 373 Å². The molecule has 358 valence electrons. The molecule has 0 heterocycles. The maximum atomic E-state index is 12.6. The molecule has 61 heavy (non-hydrogen) atoms. The molecule has 1 unspecified atom stereocenters. The number of aliphatic hydroxyl groups excluding tert-OH is 2. The van der Waals surface area contributed by atoms with Crippen molar-refractivity contribution in [3.05, 3.63) is 36.5 Å². The third-order valence-electron chi connectivity index (χ3n) is 10.7. The van der Waals surface area contributed by atoms with Crippen LogP contribution in [0.25, 0.3) is 0 Å². The molecule has 0 aliphatic carbocycles. The Hall–Kier alpha value is -1.81. The number of allylic oxidation sites excluding steroid dienone is 6. The first-order valence-electron chi connectivity index (χ1n) is 24.9. The molecule has 0 radical (unpaired) electrons. The van der Waals surface area contributed by atoms with Crippen molar-refractivity contribution in [2.75, 3.05) is 26.4 Å². The van der Waals surface area contributed by atoms with Crippen molar-refractivity contribution in [2.24, 2.45) is 0 Å². The highest BCUT2D eigenvalue weighted by atomic mass is 31.2. The fourth-order valence-electron chi connectivity index (χ4n) is 6.88. The van der Waals surface area contributed by atoms with Crippen LogP contribution < -0.4 is 0 Å². The predicted molar refractivity (Wildman–Crippen MR) is 251 cm³/mol. The zero-order valence-corrected chi connectivity index (χ0v) is 40.0. The zero-order valence-electron chi connectivity index (χ0n) is 39.1. The van der Waals surface area contributed by atoms with Gasteiger partial charge in [-0.3, -0.25) is 18.6 Å². The average Bonchev–Trinajstić information content (AvgIpc) is 3.25. The highest BCUT2D eigenvalue weighted by Gasteiger charge is 2.27. The number of ether oxygens (including phenoxy) is 2. The van der Waals surface area contributed by atoms with E-state index < -0.39 is 51.8 Å². The van der Waals surface area contributed by atoms with Crippen LogP contribution in [-0.4, -0.2) is 65.7 Å². The number of hydrogen-bond acceptors (Lipinski definition) is 9. The standard InChI is InChI=1S/C50H93O10P/c1-3-5-7-9-11-13-15-17-19-20-21-22-23-24-25-26-28-30-32-34-36-38-40-42-50(54)60-48(46-59-61(55,56)58-44-47(52)43-51)45-57-49(53)41-39-37-35-33-31-29-27-18-16-14-12-10-8-6-4-2/h10,12,26,28,34,36,47-48,51-52H,3-9,11,13-25,27,29-33,35,37-46H2,1-2H3,(H,55,56)/b12-10+,28-26+,36-34+/t47-,48+/m0/s1. The first kappa shape index (κ1) is 59.2. The molecule has 0 saturated carbocycles. The van der Waals surface area contributed by atoms with Gasteiger partial charge in [-0.2, -0.15) is 0 Å². The van der Waals surface area contributed by atoms with Crippen LogP contribution in [0, 0.1) is 0 Å². The maximum absolute atomic E-state index is 12.6. The fourth-order valence-corrected chi connectivity index (χ4v) is 7.67. The van der Waals surface area contributed by atoms with E-state index in [-0.39, 0.29) is 19.4 Å². The molecular weight excluding hydrogens is 792 g/mol. The topological polar surface area (TPSA) is 149 Å². The van der Waals surface area contributed by atoms with Gasteiger partial charge in [-0.25, -0.2) is 4.57 Å². The summed E-state index contributed by atoms with van der Waals surface area (Å²) in [6.45, 7) is 2.34. The molecule has 0 aliphatic rings. The summed E-state index contributed by atoms with van der Waals surface area (Å²) in [5, 5.41) is 18.4.